The molecule has 0 aliphatic heterocycles. The lowest BCUT2D eigenvalue weighted by atomic mass is 9.45. The minimum atomic E-state index is -0.115. The SMILES string of the molecule is CC(=O)O[C@H]1CCC2[C@@H]3CCC4CC(=O)[C@H]5C[C@H]5[C@]4(C)[C@H]3CC[C@@]21C. The van der Waals surface area contributed by atoms with Gasteiger partial charge in [-0.15, -0.1) is 0 Å². The molecule has 2 unspecified atom stereocenters. The van der Waals surface area contributed by atoms with Crippen molar-refractivity contribution in [1.29, 1.82) is 0 Å². The summed E-state index contributed by atoms with van der Waals surface area (Å²) in [5.74, 6) is 4.48. The molecule has 0 spiro atoms. The third-order valence-electron chi connectivity index (χ3n) is 9.64. The summed E-state index contributed by atoms with van der Waals surface area (Å²) < 4.78 is 5.75. The van der Waals surface area contributed by atoms with Crippen molar-refractivity contribution in [2.45, 2.75) is 78.2 Å². The van der Waals surface area contributed by atoms with Gasteiger partial charge in [-0.3, -0.25) is 9.59 Å². The topological polar surface area (TPSA) is 43.4 Å². The summed E-state index contributed by atoms with van der Waals surface area (Å²) in [7, 11) is 0. The van der Waals surface area contributed by atoms with Crippen LogP contribution in [0.15, 0.2) is 0 Å². The van der Waals surface area contributed by atoms with Crippen LogP contribution in [0.1, 0.15) is 72.1 Å². The van der Waals surface area contributed by atoms with E-state index in [9.17, 15) is 9.59 Å². The average Bonchev–Trinajstić information content (AvgIpc) is 3.30. The van der Waals surface area contributed by atoms with Crippen LogP contribution in [0.25, 0.3) is 0 Å². The zero-order valence-electron chi connectivity index (χ0n) is 15.9. The Morgan fingerprint density at radius 1 is 1.04 bits per heavy atom. The summed E-state index contributed by atoms with van der Waals surface area (Å²) in [6.07, 6.45) is 9.46. The van der Waals surface area contributed by atoms with E-state index in [-0.39, 0.29) is 17.5 Å². The summed E-state index contributed by atoms with van der Waals surface area (Å²) >= 11 is 0. The van der Waals surface area contributed by atoms with Gasteiger partial charge in [0.1, 0.15) is 11.9 Å². The van der Waals surface area contributed by atoms with Crippen molar-refractivity contribution in [3.05, 3.63) is 0 Å². The Balaban J connectivity index is 1.44. The smallest absolute Gasteiger partial charge is 0.302 e. The van der Waals surface area contributed by atoms with Crippen LogP contribution in [0.5, 0.6) is 0 Å². The second-order valence-electron chi connectivity index (χ2n) is 10.4. The largest absolute Gasteiger partial charge is 0.462 e. The molecule has 138 valence electrons. The molecule has 3 heteroatoms. The highest BCUT2D eigenvalue weighted by Crippen LogP contribution is 2.72. The Bertz CT molecular complexity index is 627. The van der Waals surface area contributed by atoms with Crippen molar-refractivity contribution in [1.82, 2.24) is 0 Å². The van der Waals surface area contributed by atoms with Crippen LogP contribution in [-0.4, -0.2) is 17.9 Å². The molecule has 0 radical (unpaired) electrons. The maximum Gasteiger partial charge on any atom is 0.302 e. The molecule has 3 nitrogen and oxygen atoms in total. The number of esters is 1. The molecule has 9 atom stereocenters. The monoisotopic (exact) mass is 344 g/mol. The fourth-order valence-corrected chi connectivity index (χ4v) is 8.35. The molecular weight excluding hydrogens is 312 g/mol. The van der Waals surface area contributed by atoms with Gasteiger partial charge in [-0.2, -0.15) is 0 Å². The lowest BCUT2D eigenvalue weighted by molar-refractivity contribution is -0.163. The first-order valence-electron chi connectivity index (χ1n) is 10.6. The van der Waals surface area contributed by atoms with Gasteiger partial charge in [-0.05, 0) is 80.0 Å². The molecule has 0 aromatic rings. The van der Waals surface area contributed by atoms with Gasteiger partial charge < -0.3 is 4.74 Å². The average molecular weight is 344 g/mol. The van der Waals surface area contributed by atoms with Crippen LogP contribution >= 0.6 is 0 Å². The molecule has 0 saturated heterocycles. The minimum absolute atomic E-state index is 0.115. The number of ether oxygens (including phenoxy) is 1. The van der Waals surface area contributed by atoms with Crippen LogP contribution in [0.4, 0.5) is 0 Å². The lowest BCUT2D eigenvalue weighted by Gasteiger charge is -2.60. The maximum atomic E-state index is 12.3. The van der Waals surface area contributed by atoms with Crippen LogP contribution in [-0.2, 0) is 14.3 Å². The highest BCUT2D eigenvalue weighted by molar-refractivity contribution is 5.85. The van der Waals surface area contributed by atoms with Crippen molar-refractivity contribution >= 4 is 11.8 Å². The van der Waals surface area contributed by atoms with Crippen molar-refractivity contribution in [3.8, 4) is 0 Å². The molecule has 0 aromatic carbocycles. The van der Waals surface area contributed by atoms with E-state index in [1.54, 1.807) is 6.92 Å². The van der Waals surface area contributed by atoms with Crippen molar-refractivity contribution in [3.63, 3.8) is 0 Å². The molecule has 0 N–H and O–H groups in total. The Labute approximate surface area is 151 Å². The van der Waals surface area contributed by atoms with E-state index in [1.165, 1.54) is 38.5 Å². The molecule has 0 bridgehead atoms. The van der Waals surface area contributed by atoms with Gasteiger partial charge in [-0.1, -0.05) is 13.8 Å². The van der Waals surface area contributed by atoms with Crippen molar-refractivity contribution in [2.24, 2.45) is 46.3 Å². The molecule has 0 aromatic heterocycles. The van der Waals surface area contributed by atoms with E-state index < -0.39 is 0 Å². The number of hydrogen-bond donors (Lipinski definition) is 0. The first kappa shape index (κ1) is 16.3. The van der Waals surface area contributed by atoms with Gasteiger partial charge in [-0.25, -0.2) is 0 Å². The van der Waals surface area contributed by atoms with Crippen LogP contribution in [0.3, 0.4) is 0 Å². The van der Waals surface area contributed by atoms with Crippen molar-refractivity contribution < 1.29 is 14.3 Å². The molecule has 5 rings (SSSR count). The minimum Gasteiger partial charge on any atom is -0.462 e. The molecule has 5 saturated carbocycles. The number of carbonyl (C=O) groups is 2. The van der Waals surface area contributed by atoms with Crippen LogP contribution < -0.4 is 0 Å². The zero-order valence-corrected chi connectivity index (χ0v) is 15.9. The highest BCUT2D eigenvalue weighted by atomic mass is 16.5. The second-order valence-corrected chi connectivity index (χ2v) is 10.4. The van der Waals surface area contributed by atoms with Gasteiger partial charge in [0.2, 0.25) is 0 Å². The van der Waals surface area contributed by atoms with Gasteiger partial charge >= 0.3 is 5.97 Å². The van der Waals surface area contributed by atoms with Gasteiger partial charge in [0.25, 0.3) is 0 Å². The van der Waals surface area contributed by atoms with E-state index >= 15 is 0 Å². The summed E-state index contributed by atoms with van der Waals surface area (Å²) in [6.45, 7) is 6.50. The molecule has 0 heterocycles. The molecule has 5 aliphatic rings. The molecule has 25 heavy (non-hydrogen) atoms. The fraction of sp³-hybridized carbons (Fsp3) is 0.909. The fourth-order valence-electron chi connectivity index (χ4n) is 8.35. The van der Waals surface area contributed by atoms with E-state index in [4.69, 9.17) is 4.74 Å². The van der Waals surface area contributed by atoms with Crippen LogP contribution in [0.2, 0.25) is 0 Å². The Hall–Kier alpha value is -0.860. The van der Waals surface area contributed by atoms with Gasteiger partial charge in [0.05, 0.1) is 0 Å². The van der Waals surface area contributed by atoms with Crippen LogP contribution in [0, 0.1) is 46.3 Å². The first-order chi connectivity index (χ1) is 11.9. The van der Waals surface area contributed by atoms with E-state index in [0.717, 1.165) is 24.7 Å². The normalized spacial score (nSPS) is 56.3. The third kappa shape index (κ3) is 2.04. The standard InChI is InChI=1S/C22H32O3/c1-12(23)25-20-7-6-16-14-5-4-13-10-19(24)15-11-18(15)22(13,3)17(14)8-9-21(16,20)2/h13-18,20H,4-11H2,1-3H3/t13?,14-,15-,16?,17-,18+,20-,21-,22-/m0/s1. The summed E-state index contributed by atoms with van der Waals surface area (Å²) in [5.41, 5.74) is 0.589. The predicted molar refractivity (Wildman–Crippen MR) is 94.7 cm³/mol. The maximum absolute atomic E-state index is 12.3. The number of ketones is 1. The zero-order chi connectivity index (χ0) is 17.6. The number of fused-ring (bicyclic) bond motifs is 7. The number of rotatable bonds is 1. The van der Waals surface area contributed by atoms with Crippen molar-refractivity contribution in [2.75, 3.05) is 0 Å². The lowest BCUT2D eigenvalue weighted by Crippen LogP contribution is -2.55. The molecule has 5 fully saturated rings. The highest BCUT2D eigenvalue weighted by Gasteiger charge is 2.68. The van der Waals surface area contributed by atoms with E-state index in [1.807, 2.05) is 0 Å². The number of carbonyl (C=O) groups excluding carboxylic acids is 2. The summed E-state index contributed by atoms with van der Waals surface area (Å²) in [4.78, 5) is 23.9. The molecule has 5 aliphatic carbocycles. The third-order valence-corrected chi connectivity index (χ3v) is 9.64. The van der Waals surface area contributed by atoms with Gasteiger partial charge in [0, 0.05) is 24.7 Å². The summed E-state index contributed by atoms with van der Waals surface area (Å²) in [5, 5.41) is 0. The summed E-state index contributed by atoms with van der Waals surface area (Å²) in [6, 6.07) is 0. The Kier molecular flexibility index (Phi) is 3.33. The predicted octanol–water partition coefficient (Wildman–Crippen LogP) is 4.39. The number of Topliss-reactive ketones (excluding diaryl/α,β-unsaturated/α-hetero) is 1. The molecule has 0 amide bonds. The molecular formula is C22H32O3. The first-order valence-corrected chi connectivity index (χ1v) is 10.6. The van der Waals surface area contributed by atoms with E-state index in [0.29, 0.717) is 34.9 Å². The quantitative estimate of drug-likeness (QED) is 0.663. The Morgan fingerprint density at radius 2 is 1.84 bits per heavy atom. The Morgan fingerprint density at radius 3 is 2.60 bits per heavy atom. The number of hydrogen-bond acceptors (Lipinski definition) is 3. The van der Waals surface area contributed by atoms with Gasteiger partial charge in [0.15, 0.2) is 0 Å². The second kappa shape index (κ2) is 5.10. The van der Waals surface area contributed by atoms with E-state index in [2.05, 4.69) is 13.8 Å².